The largest absolute Gasteiger partial charge is 0.303 e. The molecule has 15 heavy (non-hydrogen) atoms. The highest BCUT2D eigenvalue weighted by Gasteiger charge is 2.28. The van der Waals surface area contributed by atoms with Crippen molar-refractivity contribution < 1.29 is 0 Å². The Morgan fingerprint density at radius 2 is 1.87 bits per heavy atom. The summed E-state index contributed by atoms with van der Waals surface area (Å²) >= 11 is 4.44. The maximum atomic E-state index is 4.44. The average Bonchev–Trinajstić information content (AvgIpc) is 2.17. The second-order valence-electron chi connectivity index (χ2n) is 6.07. The molecule has 1 aliphatic rings. The van der Waals surface area contributed by atoms with E-state index in [0.29, 0.717) is 5.41 Å². The molecule has 0 spiro atoms. The molecule has 0 saturated heterocycles. The summed E-state index contributed by atoms with van der Waals surface area (Å²) in [5.74, 6) is 1.85. The Kier molecular flexibility index (Phi) is 4.98. The van der Waals surface area contributed by atoms with Crippen molar-refractivity contribution in [3.63, 3.8) is 0 Å². The summed E-state index contributed by atoms with van der Waals surface area (Å²) in [4.78, 5) is 2.57. The first-order valence-corrected chi connectivity index (χ1v) is 6.90. The van der Waals surface area contributed by atoms with Crippen molar-refractivity contribution in [3.05, 3.63) is 0 Å². The van der Waals surface area contributed by atoms with E-state index in [1.54, 1.807) is 0 Å². The first-order valence-electron chi connectivity index (χ1n) is 6.27. The smallest absolute Gasteiger partial charge is 0.0118 e. The number of hydrogen-bond donors (Lipinski definition) is 1. The van der Waals surface area contributed by atoms with E-state index in [9.17, 15) is 0 Å². The molecule has 0 N–H and O–H groups in total. The minimum absolute atomic E-state index is 0.342. The molecule has 0 aromatic heterocycles. The number of thiol groups is 1. The van der Waals surface area contributed by atoms with Crippen LogP contribution in [0.5, 0.6) is 0 Å². The SMILES string of the molecule is CC1CCCCC1N(C)CC(C)(C)CS. The maximum Gasteiger partial charge on any atom is 0.0118 e. The Balaban J connectivity index is 2.48. The summed E-state index contributed by atoms with van der Waals surface area (Å²) in [7, 11) is 2.29. The van der Waals surface area contributed by atoms with E-state index >= 15 is 0 Å². The van der Waals surface area contributed by atoms with Crippen LogP contribution in [0.1, 0.15) is 46.5 Å². The second-order valence-corrected chi connectivity index (χ2v) is 6.38. The van der Waals surface area contributed by atoms with Crippen molar-refractivity contribution in [3.8, 4) is 0 Å². The third kappa shape index (κ3) is 3.99. The van der Waals surface area contributed by atoms with Crippen molar-refractivity contribution in [2.45, 2.75) is 52.5 Å². The monoisotopic (exact) mass is 229 g/mol. The molecule has 1 fully saturated rings. The van der Waals surface area contributed by atoms with Gasteiger partial charge in [-0.05, 0) is 37.0 Å². The van der Waals surface area contributed by atoms with E-state index < -0.39 is 0 Å². The van der Waals surface area contributed by atoms with Crippen molar-refractivity contribution in [1.29, 1.82) is 0 Å². The van der Waals surface area contributed by atoms with Gasteiger partial charge in [0.25, 0.3) is 0 Å². The molecule has 0 bridgehead atoms. The fourth-order valence-electron chi connectivity index (χ4n) is 2.79. The van der Waals surface area contributed by atoms with Crippen molar-refractivity contribution in [2.24, 2.45) is 11.3 Å². The van der Waals surface area contributed by atoms with E-state index in [-0.39, 0.29) is 0 Å². The van der Waals surface area contributed by atoms with Crippen molar-refractivity contribution >= 4 is 12.6 Å². The van der Waals surface area contributed by atoms with Crippen LogP contribution in [0.4, 0.5) is 0 Å². The summed E-state index contributed by atoms with van der Waals surface area (Å²) in [6.45, 7) is 8.20. The predicted octanol–water partition coefficient (Wildman–Crippen LogP) is 3.45. The first kappa shape index (κ1) is 13.4. The summed E-state index contributed by atoms with van der Waals surface area (Å²) in [6, 6.07) is 0.804. The molecule has 1 saturated carbocycles. The lowest BCUT2D eigenvalue weighted by atomic mass is 9.84. The zero-order valence-electron chi connectivity index (χ0n) is 10.8. The minimum Gasteiger partial charge on any atom is -0.303 e. The van der Waals surface area contributed by atoms with Gasteiger partial charge in [-0.25, -0.2) is 0 Å². The minimum atomic E-state index is 0.342. The molecular formula is C13H27NS. The lowest BCUT2D eigenvalue weighted by Gasteiger charge is -2.40. The molecule has 2 atom stereocenters. The van der Waals surface area contributed by atoms with Crippen LogP contribution in [0.15, 0.2) is 0 Å². The van der Waals surface area contributed by atoms with E-state index in [0.717, 1.165) is 17.7 Å². The fourth-order valence-corrected chi connectivity index (χ4v) is 2.89. The first-order chi connectivity index (χ1) is 6.96. The zero-order chi connectivity index (χ0) is 11.5. The normalized spacial score (nSPS) is 28.4. The Morgan fingerprint density at radius 3 is 2.40 bits per heavy atom. The van der Waals surface area contributed by atoms with Gasteiger partial charge in [-0.1, -0.05) is 33.6 Å². The third-order valence-electron chi connectivity index (χ3n) is 3.74. The standard InChI is InChI=1S/C13H27NS/c1-11-7-5-6-8-12(11)14(4)9-13(2,3)10-15/h11-12,15H,5-10H2,1-4H3. The number of nitrogens with zero attached hydrogens (tertiary/aromatic N) is 1. The van der Waals surface area contributed by atoms with Crippen LogP contribution in [0, 0.1) is 11.3 Å². The average molecular weight is 229 g/mol. The van der Waals surface area contributed by atoms with Gasteiger partial charge in [0.2, 0.25) is 0 Å². The van der Waals surface area contributed by atoms with Crippen LogP contribution in [-0.2, 0) is 0 Å². The molecular weight excluding hydrogens is 202 g/mol. The van der Waals surface area contributed by atoms with E-state index in [4.69, 9.17) is 0 Å². The van der Waals surface area contributed by atoms with Gasteiger partial charge in [0.1, 0.15) is 0 Å². The molecule has 1 nitrogen and oxygen atoms in total. The van der Waals surface area contributed by atoms with Crippen molar-refractivity contribution in [1.82, 2.24) is 4.90 Å². The van der Waals surface area contributed by atoms with E-state index in [2.05, 4.69) is 45.3 Å². The highest BCUT2D eigenvalue weighted by atomic mass is 32.1. The molecule has 1 aliphatic carbocycles. The lowest BCUT2D eigenvalue weighted by molar-refractivity contribution is 0.105. The summed E-state index contributed by atoms with van der Waals surface area (Å²) in [5.41, 5.74) is 0.342. The van der Waals surface area contributed by atoms with Gasteiger partial charge in [-0.3, -0.25) is 0 Å². The Hall–Kier alpha value is 0.310. The zero-order valence-corrected chi connectivity index (χ0v) is 11.7. The van der Waals surface area contributed by atoms with Gasteiger partial charge in [-0.2, -0.15) is 12.6 Å². The quantitative estimate of drug-likeness (QED) is 0.723. The van der Waals surface area contributed by atoms with Crippen LogP contribution < -0.4 is 0 Å². The topological polar surface area (TPSA) is 3.24 Å². The third-order valence-corrected chi connectivity index (χ3v) is 4.59. The Labute approximate surface area is 101 Å². The molecule has 0 radical (unpaired) electrons. The Bertz CT molecular complexity index is 191. The number of hydrogen-bond acceptors (Lipinski definition) is 2. The molecule has 90 valence electrons. The van der Waals surface area contributed by atoms with Crippen LogP contribution in [0.25, 0.3) is 0 Å². The van der Waals surface area contributed by atoms with Gasteiger partial charge < -0.3 is 4.90 Å². The summed E-state index contributed by atoms with van der Waals surface area (Å²) in [5, 5.41) is 0. The molecule has 2 unspecified atom stereocenters. The highest BCUT2D eigenvalue weighted by Crippen LogP contribution is 2.29. The predicted molar refractivity (Wildman–Crippen MR) is 71.7 cm³/mol. The Morgan fingerprint density at radius 1 is 1.27 bits per heavy atom. The molecule has 0 aromatic carbocycles. The van der Waals surface area contributed by atoms with E-state index in [1.807, 2.05) is 0 Å². The molecule has 0 amide bonds. The molecule has 0 aromatic rings. The van der Waals surface area contributed by atoms with Crippen LogP contribution in [-0.4, -0.2) is 30.3 Å². The summed E-state index contributed by atoms with van der Waals surface area (Å²) in [6.07, 6.45) is 5.65. The van der Waals surface area contributed by atoms with Gasteiger partial charge in [-0.15, -0.1) is 0 Å². The molecule has 0 aliphatic heterocycles. The van der Waals surface area contributed by atoms with Crippen LogP contribution in [0.2, 0.25) is 0 Å². The van der Waals surface area contributed by atoms with Crippen molar-refractivity contribution in [2.75, 3.05) is 19.3 Å². The maximum absolute atomic E-state index is 4.44. The van der Waals surface area contributed by atoms with E-state index in [1.165, 1.54) is 32.2 Å². The molecule has 1 rings (SSSR count). The van der Waals surface area contributed by atoms with Gasteiger partial charge in [0.15, 0.2) is 0 Å². The summed E-state index contributed by atoms with van der Waals surface area (Å²) < 4.78 is 0. The van der Waals surface area contributed by atoms with Crippen LogP contribution in [0.3, 0.4) is 0 Å². The highest BCUT2D eigenvalue weighted by molar-refractivity contribution is 7.80. The number of rotatable bonds is 4. The van der Waals surface area contributed by atoms with Gasteiger partial charge >= 0.3 is 0 Å². The molecule has 0 heterocycles. The van der Waals surface area contributed by atoms with Gasteiger partial charge in [0.05, 0.1) is 0 Å². The second kappa shape index (κ2) is 5.58. The fraction of sp³-hybridized carbons (Fsp3) is 1.00. The lowest BCUT2D eigenvalue weighted by Crippen LogP contribution is -2.44. The van der Waals surface area contributed by atoms with Crippen LogP contribution >= 0.6 is 12.6 Å². The van der Waals surface area contributed by atoms with Gasteiger partial charge in [0, 0.05) is 12.6 Å². The molecule has 2 heteroatoms.